The standard InChI is InChI=1S/C20H19ClN4O2/c21-16-3-1-2-15(10-16)11-19-18(12-22)20(25-24-19)23-13-14-4-6-17(7-5-14)27-9-8-26/h1-7,10,26H,8-9,11,13H2,(H2,23,24,25). The van der Waals surface area contributed by atoms with E-state index in [9.17, 15) is 5.26 Å². The van der Waals surface area contributed by atoms with Gasteiger partial charge in [0.2, 0.25) is 0 Å². The maximum Gasteiger partial charge on any atom is 0.166 e. The van der Waals surface area contributed by atoms with Crippen molar-refractivity contribution in [1.29, 1.82) is 5.26 Å². The normalized spacial score (nSPS) is 10.4. The van der Waals surface area contributed by atoms with Crippen molar-refractivity contribution in [3.05, 3.63) is 75.9 Å². The molecule has 7 heteroatoms. The van der Waals surface area contributed by atoms with E-state index in [1.807, 2.05) is 48.5 Å². The van der Waals surface area contributed by atoms with Crippen molar-refractivity contribution >= 4 is 17.4 Å². The van der Waals surface area contributed by atoms with E-state index >= 15 is 0 Å². The molecule has 1 heterocycles. The summed E-state index contributed by atoms with van der Waals surface area (Å²) < 4.78 is 5.34. The predicted molar refractivity (Wildman–Crippen MR) is 104 cm³/mol. The summed E-state index contributed by atoms with van der Waals surface area (Å²) in [7, 11) is 0. The monoisotopic (exact) mass is 382 g/mol. The Kier molecular flexibility index (Phi) is 6.31. The summed E-state index contributed by atoms with van der Waals surface area (Å²) in [4.78, 5) is 0. The van der Waals surface area contributed by atoms with Crippen molar-refractivity contribution < 1.29 is 9.84 Å². The average Bonchev–Trinajstić information content (AvgIpc) is 3.07. The molecule has 0 aliphatic heterocycles. The SMILES string of the molecule is N#Cc1c(NCc2ccc(OCCO)cc2)n[nH]c1Cc1cccc(Cl)c1. The van der Waals surface area contributed by atoms with Crippen LogP contribution < -0.4 is 10.1 Å². The van der Waals surface area contributed by atoms with E-state index in [-0.39, 0.29) is 13.2 Å². The molecule has 0 bridgehead atoms. The molecule has 0 atom stereocenters. The Balaban J connectivity index is 1.65. The Morgan fingerprint density at radius 1 is 1.19 bits per heavy atom. The van der Waals surface area contributed by atoms with Gasteiger partial charge in [-0.1, -0.05) is 35.9 Å². The molecule has 27 heavy (non-hydrogen) atoms. The molecule has 0 unspecified atom stereocenters. The highest BCUT2D eigenvalue weighted by atomic mass is 35.5. The molecule has 138 valence electrons. The number of halogens is 1. The number of benzene rings is 2. The average molecular weight is 383 g/mol. The quantitative estimate of drug-likeness (QED) is 0.554. The van der Waals surface area contributed by atoms with Crippen LogP contribution in [-0.2, 0) is 13.0 Å². The topological polar surface area (TPSA) is 94.0 Å². The first-order valence-corrected chi connectivity index (χ1v) is 8.85. The van der Waals surface area contributed by atoms with Gasteiger partial charge in [0, 0.05) is 18.0 Å². The number of aliphatic hydroxyl groups excluding tert-OH is 1. The van der Waals surface area contributed by atoms with Crippen LogP contribution in [0.4, 0.5) is 5.82 Å². The number of aliphatic hydroxyl groups is 1. The highest BCUT2D eigenvalue weighted by molar-refractivity contribution is 6.30. The number of aromatic amines is 1. The number of nitriles is 1. The third-order valence-electron chi connectivity index (χ3n) is 3.97. The lowest BCUT2D eigenvalue weighted by molar-refractivity contribution is 0.201. The zero-order valence-electron chi connectivity index (χ0n) is 14.6. The summed E-state index contributed by atoms with van der Waals surface area (Å²) in [6, 6.07) is 17.3. The molecule has 0 amide bonds. The predicted octanol–water partition coefficient (Wildman–Crippen LogP) is 3.51. The van der Waals surface area contributed by atoms with Gasteiger partial charge in [-0.15, -0.1) is 0 Å². The minimum Gasteiger partial charge on any atom is -0.491 e. The molecule has 0 saturated heterocycles. The van der Waals surface area contributed by atoms with Gasteiger partial charge in [-0.2, -0.15) is 10.4 Å². The van der Waals surface area contributed by atoms with Crippen molar-refractivity contribution in [3.63, 3.8) is 0 Å². The number of rotatable bonds is 8. The van der Waals surface area contributed by atoms with Crippen LogP contribution in [0, 0.1) is 11.3 Å². The molecule has 0 fully saturated rings. The van der Waals surface area contributed by atoms with Gasteiger partial charge in [0.1, 0.15) is 24.0 Å². The van der Waals surface area contributed by atoms with E-state index in [0.717, 1.165) is 16.8 Å². The number of anilines is 1. The fraction of sp³-hybridized carbons (Fsp3) is 0.200. The molecule has 0 aliphatic carbocycles. The highest BCUT2D eigenvalue weighted by Gasteiger charge is 2.13. The third-order valence-corrected chi connectivity index (χ3v) is 4.20. The van der Waals surface area contributed by atoms with Crippen molar-refractivity contribution in [2.24, 2.45) is 0 Å². The van der Waals surface area contributed by atoms with Gasteiger partial charge in [-0.05, 0) is 35.4 Å². The second-order valence-electron chi connectivity index (χ2n) is 5.91. The zero-order chi connectivity index (χ0) is 19.1. The van der Waals surface area contributed by atoms with E-state index in [0.29, 0.717) is 35.1 Å². The lowest BCUT2D eigenvalue weighted by Gasteiger charge is -2.07. The van der Waals surface area contributed by atoms with Gasteiger partial charge in [-0.25, -0.2) is 0 Å². The van der Waals surface area contributed by atoms with Gasteiger partial charge < -0.3 is 15.2 Å². The number of H-pyrrole nitrogens is 1. The Labute approximate surface area is 162 Å². The molecule has 3 N–H and O–H groups in total. The first kappa shape index (κ1) is 18.8. The van der Waals surface area contributed by atoms with Gasteiger partial charge >= 0.3 is 0 Å². The fourth-order valence-corrected chi connectivity index (χ4v) is 2.87. The maximum atomic E-state index is 9.52. The highest BCUT2D eigenvalue weighted by Crippen LogP contribution is 2.21. The van der Waals surface area contributed by atoms with E-state index < -0.39 is 0 Å². The molecule has 0 saturated carbocycles. The summed E-state index contributed by atoms with van der Waals surface area (Å²) >= 11 is 6.02. The van der Waals surface area contributed by atoms with Gasteiger partial charge in [0.25, 0.3) is 0 Å². The number of aromatic nitrogens is 2. The Bertz CT molecular complexity index is 932. The number of nitrogens with one attached hydrogen (secondary N) is 2. The molecular formula is C20H19ClN4O2. The number of ether oxygens (including phenoxy) is 1. The first-order valence-electron chi connectivity index (χ1n) is 8.48. The van der Waals surface area contributed by atoms with Crippen LogP contribution in [0.3, 0.4) is 0 Å². The van der Waals surface area contributed by atoms with Gasteiger partial charge in [-0.3, -0.25) is 5.10 Å². The van der Waals surface area contributed by atoms with Gasteiger partial charge in [0.05, 0.1) is 12.3 Å². The Morgan fingerprint density at radius 3 is 2.70 bits per heavy atom. The minimum absolute atomic E-state index is 0.0169. The maximum absolute atomic E-state index is 9.52. The first-order chi connectivity index (χ1) is 13.2. The smallest absolute Gasteiger partial charge is 0.166 e. The summed E-state index contributed by atoms with van der Waals surface area (Å²) in [5, 5.41) is 29.3. The number of hydrogen-bond acceptors (Lipinski definition) is 5. The zero-order valence-corrected chi connectivity index (χ0v) is 15.3. The van der Waals surface area contributed by atoms with E-state index in [1.54, 1.807) is 0 Å². The molecule has 3 rings (SSSR count). The summed E-state index contributed by atoms with van der Waals surface area (Å²) in [5.41, 5.74) is 3.27. The third kappa shape index (κ3) is 5.00. The van der Waals surface area contributed by atoms with Crippen LogP contribution in [-0.4, -0.2) is 28.5 Å². The summed E-state index contributed by atoms with van der Waals surface area (Å²) in [5.74, 6) is 1.23. The van der Waals surface area contributed by atoms with E-state index in [4.69, 9.17) is 21.4 Å². The lowest BCUT2D eigenvalue weighted by atomic mass is 10.1. The molecule has 0 aliphatic rings. The Morgan fingerprint density at radius 2 is 2.00 bits per heavy atom. The van der Waals surface area contributed by atoms with Crippen molar-refractivity contribution in [1.82, 2.24) is 10.2 Å². The van der Waals surface area contributed by atoms with Crippen LogP contribution in [0.1, 0.15) is 22.4 Å². The molecule has 0 radical (unpaired) electrons. The molecule has 1 aromatic heterocycles. The second kappa shape index (κ2) is 9.08. The van der Waals surface area contributed by atoms with Gasteiger partial charge in [0.15, 0.2) is 5.82 Å². The minimum atomic E-state index is -0.0169. The summed E-state index contributed by atoms with van der Waals surface area (Å²) in [6.45, 7) is 0.777. The second-order valence-corrected chi connectivity index (χ2v) is 6.35. The van der Waals surface area contributed by atoms with Crippen molar-refractivity contribution in [2.45, 2.75) is 13.0 Å². The van der Waals surface area contributed by atoms with Crippen LogP contribution in [0.25, 0.3) is 0 Å². The van der Waals surface area contributed by atoms with E-state index in [1.165, 1.54) is 0 Å². The molecular weight excluding hydrogens is 364 g/mol. The molecule has 3 aromatic rings. The molecule has 6 nitrogen and oxygen atoms in total. The molecule has 2 aromatic carbocycles. The van der Waals surface area contributed by atoms with Crippen LogP contribution in [0.2, 0.25) is 5.02 Å². The van der Waals surface area contributed by atoms with Crippen LogP contribution in [0.5, 0.6) is 5.75 Å². The van der Waals surface area contributed by atoms with Crippen LogP contribution in [0.15, 0.2) is 48.5 Å². The number of nitrogens with zero attached hydrogens (tertiary/aromatic N) is 2. The van der Waals surface area contributed by atoms with Crippen LogP contribution >= 0.6 is 11.6 Å². The number of hydrogen-bond donors (Lipinski definition) is 3. The Hall–Kier alpha value is -3.01. The lowest BCUT2D eigenvalue weighted by Crippen LogP contribution is -2.03. The molecule has 0 spiro atoms. The van der Waals surface area contributed by atoms with Crippen molar-refractivity contribution in [2.75, 3.05) is 18.5 Å². The largest absolute Gasteiger partial charge is 0.491 e. The van der Waals surface area contributed by atoms with Crippen molar-refractivity contribution in [3.8, 4) is 11.8 Å². The summed E-state index contributed by atoms with van der Waals surface area (Å²) in [6.07, 6.45) is 0.551. The fourth-order valence-electron chi connectivity index (χ4n) is 2.66. The van der Waals surface area contributed by atoms with E-state index in [2.05, 4.69) is 21.6 Å².